The zero-order chi connectivity index (χ0) is 19.3. The zero-order valence-corrected chi connectivity index (χ0v) is 15.3. The number of aromatic nitrogens is 3. The van der Waals surface area contributed by atoms with E-state index in [9.17, 15) is 14.3 Å². The van der Waals surface area contributed by atoms with Gasteiger partial charge in [-0.1, -0.05) is 5.21 Å². The van der Waals surface area contributed by atoms with Crippen molar-refractivity contribution in [3.63, 3.8) is 0 Å². The van der Waals surface area contributed by atoms with Gasteiger partial charge in [-0.15, -0.1) is 5.10 Å². The Hall–Kier alpha value is -2.52. The lowest BCUT2D eigenvalue weighted by molar-refractivity contribution is -0.157. The highest BCUT2D eigenvalue weighted by Gasteiger charge is 2.41. The molecule has 146 valence electrons. The molecule has 8 nitrogen and oxygen atoms in total. The number of methoxy groups -OCH3 is 1. The quantitative estimate of drug-likeness (QED) is 0.654. The van der Waals surface area contributed by atoms with Gasteiger partial charge in [0.15, 0.2) is 5.60 Å². The molecule has 0 bridgehead atoms. The average molecular weight is 377 g/mol. The van der Waals surface area contributed by atoms with Crippen molar-refractivity contribution in [1.29, 1.82) is 0 Å². The lowest BCUT2D eigenvalue weighted by Crippen LogP contribution is -2.57. The molecular weight excluding hydrogens is 353 g/mol. The van der Waals surface area contributed by atoms with Crippen molar-refractivity contribution < 1.29 is 19.0 Å². The topological polar surface area (TPSA) is 92.5 Å². The number of carbonyl (C=O) groups excluding carboxylic acids is 1. The normalized spacial score (nSPS) is 20.1. The number of benzene rings is 1. The van der Waals surface area contributed by atoms with E-state index >= 15 is 0 Å². The number of nitrogens with zero attached hydrogens (tertiary/aromatic N) is 4. The predicted octanol–water partition coefficient (Wildman–Crippen LogP) is 0.569. The second kappa shape index (κ2) is 8.45. The van der Waals surface area contributed by atoms with Crippen LogP contribution in [-0.4, -0.2) is 63.3 Å². The van der Waals surface area contributed by atoms with E-state index in [0.29, 0.717) is 43.8 Å². The fraction of sp³-hybridized carbons (Fsp3) is 0.500. The Bertz CT molecular complexity index is 770. The minimum absolute atomic E-state index is 0.100. The maximum absolute atomic E-state index is 14.1. The van der Waals surface area contributed by atoms with Gasteiger partial charge in [0, 0.05) is 37.9 Å². The molecule has 1 aliphatic heterocycles. The van der Waals surface area contributed by atoms with Crippen LogP contribution < -0.4 is 10.1 Å². The summed E-state index contributed by atoms with van der Waals surface area (Å²) >= 11 is 0. The molecule has 0 unspecified atom stereocenters. The number of nitrogens with one attached hydrogen (secondary N) is 1. The van der Waals surface area contributed by atoms with Crippen molar-refractivity contribution in [2.45, 2.75) is 31.5 Å². The molecule has 0 radical (unpaired) electrons. The van der Waals surface area contributed by atoms with Gasteiger partial charge in [-0.2, -0.15) is 0 Å². The fourth-order valence-corrected chi connectivity index (χ4v) is 3.23. The van der Waals surface area contributed by atoms with Gasteiger partial charge in [0.05, 0.1) is 19.9 Å². The summed E-state index contributed by atoms with van der Waals surface area (Å²) in [4.78, 5) is 14.3. The summed E-state index contributed by atoms with van der Waals surface area (Å²) in [6, 6.07) is 4.43. The van der Waals surface area contributed by atoms with E-state index in [4.69, 9.17) is 4.74 Å². The monoisotopic (exact) mass is 377 g/mol. The number of hydrogen-bond donors (Lipinski definition) is 2. The molecule has 0 saturated carbocycles. The van der Waals surface area contributed by atoms with Crippen LogP contribution in [-0.2, 0) is 17.9 Å². The van der Waals surface area contributed by atoms with Crippen molar-refractivity contribution in [3.05, 3.63) is 42.0 Å². The summed E-state index contributed by atoms with van der Waals surface area (Å²) in [6.45, 7) is 1.85. The van der Waals surface area contributed by atoms with E-state index in [1.54, 1.807) is 23.1 Å². The van der Waals surface area contributed by atoms with Crippen molar-refractivity contribution in [1.82, 2.24) is 25.2 Å². The zero-order valence-electron chi connectivity index (χ0n) is 15.3. The van der Waals surface area contributed by atoms with Crippen molar-refractivity contribution >= 4 is 5.91 Å². The Kier molecular flexibility index (Phi) is 6.02. The van der Waals surface area contributed by atoms with E-state index in [1.807, 2.05) is 0 Å². The smallest absolute Gasteiger partial charge is 0.256 e. The van der Waals surface area contributed by atoms with Gasteiger partial charge in [0.2, 0.25) is 0 Å². The third kappa shape index (κ3) is 4.61. The molecule has 1 fully saturated rings. The van der Waals surface area contributed by atoms with Crippen LogP contribution in [0.3, 0.4) is 0 Å². The molecule has 1 atom stereocenters. The van der Waals surface area contributed by atoms with Crippen LogP contribution in [0, 0.1) is 5.82 Å². The molecule has 2 aromatic rings. The van der Waals surface area contributed by atoms with Crippen molar-refractivity contribution in [3.8, 4) is 5.75 Å². The molecule has 1 aromatic carbocycles. The van der Waals surface area contributed by atoms with Crippen LogP contribution in [0.15, 0.2) is 30.6 Å². The predicted molar refractivity (Wildman–Crippen MR) is 95.4 cm³/mol. The van der Waals surface area contributed by atoms with Crippen molar-refractivity contribution in [2.24, 2.45) is 0 Å². The maximum Gasteiger partial charge on any atom is 0.256 e. The second-order valence-electron chi connectivity index (χ2n) is 6.66. The number of halogens is 1. The van der Waals surface area contributed by atoms with E-state index in [-0.39, 0.29) is 19.0 Å². The molecule has 2 heterocycles. The lowest BCUT2D eigenvalue weighted by Gasteiger charge is -2.38. The molecule has 1 aliphatic rings. The summed E-state index contributed by atoms with van der Waals surface area (Å²) in [7, 11) is 1.51. The number of rotatable bonds is 8. The number of likely N-dealkylation sites (tertiary alicyclic amines) is 1. The Morgan fingerprint density at radius 2 is 2.30 bits per heavy atom. The van der Waals surface area contributed by atoms with E-state index in [1.165, 1.54) is 24.1 Å². The molecule has 3 rings (SSSR count). The molecule has 9 heteroatoms. The third-order valence-corrected chi connectivity index (χ3v) is 4.72. The van der Waals surface area contributed by atoms with Crippen LogP contribution in [0.5, 0.6) is 5.75 Å². The Balaban J connectivity index is 1.59. The summed E-state index contributed by atoms with van der Waals surface area (Å²) in [5.74, 6) is -0.256. The first kappa shape index (κ1) is 19.2. The molecule has 1 amide bonds. The van der Waals surface area contributed by atoms with Crippen LogP contribution >= 0.6 is 0 Å². The van der Waals surface area contributed by atoms with Gasteiger partial charge < -0.3 is 20.1 Å². The molecule has 1 saturated heterocycles. The molecule has 0 spiro atoms. The number of piperidine rings is 1. The van der Waals surface area contributed by atoms with Gasteiger partial charge in [-0.25, -0.2) is 4.39 Å². The summed E-state index contributed by atoms with van der Waals surface area (Å²) in [5, 5.41) is 21.5. The first-order chi connectivity index (χ1) is 13.0. The molecular formula is C18H24FN5O3. The highest BCUT2D eigenvalue weighted by Crippen LogP contribution is 2.25. The Labute approximate surface area is 156 Å². The van der Waals surface area contributed by atoms with Crippen LogP contribution in [0.25, 0.3) is 0 Å². The molecule has 27 heavy (non-hydrogen) atoms. The Morgan fingerprint density at radius 1 is 1.44 bits per heavy atom. The van der Waals surface area contributed by atoms with Crippen molar-refractivity contribution in [2.75, 3.05) is 26.7 Å². The van der Waals surface area contributed by atoms with Gasteiger partial charge in [-0.05, 0) is 31.0 Å². The lowest BCUT2D eigenvalue weighted by atomic mass is 9.91. The first-order valence-electron chi connectivity index (χ1n) is 8.91. The van der Waals surface area contributed by atoms with Gasteiger partial charge in [-0.3, -0.25) is 9.48 Å². The molecule has 0 aliphatic carbocycles. The minimum Gasteiger partial charge on any atom is -0.497 e. The van der Waals surface area contributed by atoms with Crippen LogP contribution in [0.2, 0.25) is 0 Å². The second-order valence-corrected chi connectivity index (χ2v) is 6.66. The molecule has 1 aromatic heterocycles. The maximum atomic E-state index is 14.1. The summed E-state index contributed by atoms with van der Waals surface area (Å²) < 4.78 is 20.9. The van der Waals surface area contributed by atoms with Gasteiger partial charge in [0.25, 0.3) is 5.91 Å². The van der Waals surface area contributed by atoms with E-state index < -0.39 is 11.4 Å². The molecule has 2 N–H and O–H groups in total. The number of hydrogen-bond acceptors (Lipinski definition) is 6. The summed E-state index contributed by atoms with van der Waals surface area (Å²) in [5.41, 5.74) is -1.12. The number of aliphatic hydroxyl groups is 1. The SMILES string of the molecule is COc1ccc(F)c(CN2CCC[C@@](O)(CNCCn3ccnn3)C2=O)c1. The number of amides is 1. The van der Waals surface area contributed by atoms with Gasteiger partial charge in [0.1, 0.15) is 11.6 Å². The van der Waals surface area contributed by atoms with Gasteiger partial charge >= 0.3 is 0 Å². The highest BCUT2D eigenvalue weighted by atomic mass is 19.1. The summed E-state index contributed by atoms with van der Waals surface area (Å²) in [6.07, 6.45) is 4.36. The standard InChI is InChI=1S/C18H24FN5O3/c1-27-15-3-4-16(19)14(11-15)12-23-8-2-5-18(26,17(23)25)13-20-6-9-24-10-7-21-22-24/h3-4,7,10-11,20,26H,2,5-6,8-9,12-13H2,1H3/t18-/m1/s1. The Morgan fingerprint density at radius 3 is 3.04 bits per heavy atom. The number of carbonyl (C=O) groups is 1. The van der Waals surface area contributed by atoms with E-state index in [0.717, 1.165) is 0 Å². The highest BCUT2D eigenvalue weighted by molar-refractivity contribution is 5.86. The third-order valence-electron chi connectivity index (χ3n) is 4.72. The largest absolute Gasteiger partial charge is 0.497 e. The average Bonchev–Trinajstić information content (AvgIpc) is 3.18. The first-order valence-corrected chi connectivity index (χ1v) is 8.91. The van der Waals surface area contributed by atoms with Crippen LogP contribution in [0.4, 0.5) is 4.39 Å². The number of ether oxygens (including phenoxy) is 1. The minimum atomic E-state index is -1.49. The van der Waals surface area contributed by atoms with E-state index in [2.05, 4.69) is 15.6 Å². The van der Waals surface area contributed by atoms with Crippen LogP contribution in [0.1, 0.15) is 18.4 Å². The fourth-order valence-electron chi connectivity index (χ4n) is 3.23.